The second kappa shape index (κ2) is 11.3. The lowest BCUT2D eigenvalue weighted by atomic mass is 10.2. The van der Waals surface area contributed by atoms with E-state index in [9.17, 15) is 8.78 Å². The highest BCUT2D eigenvalue weighted by Crippen LogP contribution is 2.16. The zero-order valence-corrected chi connectivity index (χ0v) is 18.1. The first-order chi connectivity index (χ1) is 12.0. The van der Waals surface area contributed by atoms with Crippen LogP contribution in [0.15, 0.2) is 35.5 Å². The highest BCUT2D eigenvalue weighted by Gasteiger charge is 2.09. The second-order valence-electron chi connectivity index (χ2n) is 5.41. The van der Waals surface area contributed by atoms with Gasteiger partial charge in [-0.2, -0.15) is 8.78 Å². The molecule has 2 rings (SSSR count). The molecule has 0 fully saturated rings. The summed E-state index contributed by atoms with van der Waals surface area (Å²) in [7, 11) is 1.93. The molecule has 5 nitrogen and oxygen atoms in total. The third kappa shape index (κ3) is 7.40. The van der Waals surface area contributed by atoms with Crippen molar-refractivity contribution < 1.29 is 13.5 Å². The molecule has 0 aliphatic heterocycles. The number of nitrogens with one attached hydrogen (secondary N) is 1. The molecule has 9 heteroatoms. The van der Waals surface area contributed by atoms with E-state index >= 15 is 0 Å². The highest BCUT2D eigenvalue weighted by molar-refractivity contribution is 14.0. The molecule has 1 aromatic carbocycles. The molecule has 0 saturated heterocycles. The summed E-state index contributed by atoms with van der Waals surface area (Å²) in [5.41, 5.74) is 0.972. The van der Waals surface area contributed by atoms with Crippen LogP contribution in [0.25, 0.3) is 0 Å². The average Bonchev–Trinajstić information content (AvgIpc) is 2.98. The van der Waals surface area contributed by atoms with Gasteiger partial charge in [-0.3, -0.25) is 0 Å². The summed E-state index contributed by atoms with van der Waals surface area (Å²) in [5, 5.41) is 4.21. The van der Waals surface area contributed by atoms with E-state index in [-0.39, 0.29) is 29.7 Å². The summed E-state index contributed by atoms with van der Waals surface area (Å²) in [4.78, 5) is 12.1. The van der Waals surface area contributed by atoms with E-state index in [0.29, 0.717) is 13.1 Å². The smallest absolute Gasteiger partial charge is 0.387 e. The topological polar surface area (TPSA) is 49.8 Å². The molecule has 0 spiro atoms. The van der Waals surface area contributed by atoms with Gasteiger partial charge in [0.15, 0.2) is 5.96 Å². The van der Waals surface area contributed by atoms with Crippen LogP contribution in [0.2, 0.25) is 0 Å². The number of alkyl halides is 2. The lowest BCUT2D eigenvalue weighted by molar-refractivity contribution is -0.0498. The molecular weight excluding hydrogens is 473 g/mol. The number of hydrogen-bond acceptors (Lipinski definition) is 4. The number of hydrogen-bond donors (Lipinski definition) is 1. The number of benzene rings is 1. The molecule has 0 radical (unpaired) electrons. The molecule has 144 valence electrons. The van der Waals surface area contributed by atoms with Crippen molar-refractivity contribution in [2.75, 3.05) is 13.6 Å². The van der Waals surface area contributed by atoms with Crippen molar-refractivity contribution >= 4 is 41.3 Å². The molecule has 1 aromatic heterocycles. The molecule has 0 atom stereocenters. The predicted molar refractivity (Wildman–Crippen MR) is 112 cm³/mol. The molecule has 0 amide bonds. The van der Waals surface area contributed by atoms with Gasteiger partial charge in [-0.1, -0.05) is 12.1 Å². The van der Waals surface area contributed by atoms with Crippen LogP contribution in [0.5, 0.6) is 5.75 Å². The number of halogens is 3. The van der Waals surface area contributed by atoms with E-state index < -0.39 is 6.61 Å². The highest BCUT2D eigenvalue weighted by atomic mass is 127. The number of aryl methyl sites for hydroxylation is 1. The van der Waals surface area contributed by atoms with Crippen molar-refractivity contribution in [1.82, 2.24) is 15.2 Å². The normalized spacial score (nSPS) is 11.2. The summed E-state index contributed by atoms with van der Waals surface area (Å²) in [6.07, 6.45) is 1.84. The van der Waals surface area contributed by atoms with Gasteiger partial charge in [-0.05, 0) is 31.5 Å². The number of aromatic nitrogens is 1. The fourth-order valence-electron chi connectivity index (χ4n) is 2.21. The standard InChI is InChI=1S/C17H22F2N4OS.HI/c1-4-20-17(22-10-15-21-9-12(2)25-15)23(3)11-13-5-7-14(8-6-13)24-16(18)19;/h5-9,16H,4,10-11H2,1-3H3,(H,20,22);1H. The van der Waals surface area contributed by atoms with Gasteiger partial charge in [0, 0.05) is 31.2 Å². The largest absolute Gasteiger partial charge is 0.435 e. The van der Waals surface area contributed by atoms with Crippen LogP contribution in [0, 0.1) is 6.92 Å². The lowest BCUT2D eigenvalue weighted by Gasteiger charge is -2.22. The number of ether oxygens (including phenoxy) is 1. The third-order valence-electron chi connectivity index (χ3n) is 3.30. The first-order valence-electron chi connectivity index (χ1n) is 7.92. The van der Waals surface area contributed by atoms with Gasteiger partial charge in [0.2, 0.25) is 0 Å². The Morgan fingerprint density at radius 1 is 1.35 bits per heavy atom. The summed E-state index contributed by atoms with van der Waals surface area (Å²) in [5.74, 6) is 0.921. The first kappa shape index (κ1) is 22.6. The predicted octanol–water partition coefficient (Wildman–Crippen LogP) is 4.27. The van der Waals surface area contributed by atoms with Gasteiger partial charge < -0.3 is 15.0 Å². The molecule has 0 unspecified atom stereocenters. The number of guanidine groups is 1. The Morgan fingerprint density at radius 3 is 2.58 bits per heavy atom. The van der Waals surface area contributed by atoms with Gasteiger partial charge in [-0.15, -0.1) is 35.3 Å². The Bertz CT molecular complexity index is 694. The van der Waals surface area contributed by atoms with Crippen LogP contribution < -0.4 is 10.1 Å². The van der Waals surface area contributed by atoms with Gasteiger partial charge >= 0.3 is 6.61 Å². The molecule has 26 heavy (non-hydrogen) atoms. The minimum absolute atomic E-state index is 0. The van der Waals surface area contributed by atoms with Crippen LogP contribution in [0.3, 0.4) is 0 Å². The van der Waals surface area contributed by atoms with Gasteiger partial charge in [-0.25, -0.2) is 9.98 Å². The minimum Gasteiger partial charge on any atom is -0.435 e. The fraction of sp³-hybridized carbons (Fsp3) is 0.412. The number of nitrogens with zero attached hydrogens (tertiary/aromatic N) is 3. The van der Waals surface area contributed by atoms with Crippen LogP contribution in [0.4, 0.5) is 8.78 Å². The Balaban J connectivity index is 0.00000338. The molecule has 0 aliphatic rings. The monoisotopic (exact) mass is 496 g/mol. The Morgan fingerprint density at radius 2 is 2.04 bits per heavy atom. The van der Waals surface area contributed by atoms with Gasteiger partial charge in [0.1, 0.15) is 10.8 Å². The van der Waals surface area contributed by atoms with E-state index in [4.69, 9.17) is 0 Å². The fourth-order valence-corrected chi connectivity index (χ4v) is 2.92. The first-order valence-corrected chi connectivity index (χ1v) is 8.74. The van der Waals surface area contributed by atoms with E-state index in [0.717, 1.165) is 28.0 Å². The molecule has 2 aromatic rings. The Hall–Kier alpha value is -1.49. The molecule has 0 saturated carbocycles. The van der Waals surface area contributed by atoms with E-state index in [1.165, 1.54) is 12.1 Å². The lowest BCUT2D eigenvalue weighted by Crippen LogP contribution is -2.38. The minimum atomic E-state index is -2.81. The van der Waals surface area contributed by atoms with Crippen molar-refractivity contribution in [3.63, 3.8) is 0 Å². The third-order valence-corrected chi connectivity index (χ3v) is 4.20. The summed E-state index contributed by atoms with van der Waals surface area (Å²) < 4.78 is 28.7. The zero-order valence-electron chi connectivity index (χ0n) is 14.9. The van der Waals surface area contributed by atoms with Crippen molar-refractivity contribution in [3.05, 3.63) is 45.9 Å². The average molecular weight is 496 g/mol. The quantitative estimate of drug-likeness (QED) is 0.354. The number of aliphatic imine (C=N–C) groups is 1. The van der Waals surface area contributed by atoms with Crippen molar-refractivity contribution in [2.45, 2.75) is 33.5 Å². The van der Waals surface area contributed by atoms with Gasteiger partial charge in [0.25, 0.3) is 0 Å². The van der Waals surface area contributed by atoms with E-state index in [2.05, 4.69) is 20.0 Å². The molecular formula is C17H23F2IN4OS. The maximum atomic E-state index is 12.2. The van der Waals surface area contributed by atoms with Crippen molar-refractivity contribution in [1.29, 1.82) is 0 Å². The van der Waals surface area contributed by atoms with Crippen molar-refractivity contribution in [2.24, 2.45) is 4.99 Å². The number of thiazole rings is 1. The summed E-state index contributed by atoms with van der Waals surface area (Å²) in [6.45, 7) is 3.08. The SMILES string of the molecule is CCNC(=NCc1ncc(C)s1)N(C)Cc1ccc(OC(F)F)cc1.I. The summed E-state index contributed by atoms with van der Waals surface area (Å²) in [6, 6.07) is 6.61. The Kier molecular flexibility index (Phi) is 9.78. The second-order valence-corrected chi connectivity index (χ2v) is 6.73. The van der Waals surface area contributed by atoms with Crippen molar-refractivity contribution in [3.8, 4) is 5.75 Å². The maximum absolute atomic E-state index is 12.2. The molecule has 0 bridgehead atoms. The van der Waals surface area contributed by atoms with Crippen LogP contribution in [-0.2, 0) is 13.1 Å². The molecule has 0 aliphatic carbocycles. The van der Waals surface area contributed by atoms with Gasteiger partial charge in [0.05, 0.1) is 6.54 Å². The van der Waals surface area contributed by atoms with E-state index in [1.807, 2.05) is 32.0 Å². The van der Waals surface area contributed by atoms with Crippen LogP contribution in [0.1, 0.15) is 22.4 Å². The van der Waals surface area contributed by atoms with Crippen LogP contribution in [-0.4, -0.2) is 36.0 Å². The van der Waals surface area contributed by atoms with E-state index in [1.54, 1.807) is 23.5 Å². The van der Waals surface area contributed by atoms with Crippen LogP contribution >= 0.6 is 35.3 Å². The zero-order chi connectivity index (χ0) is 18.2. The molecule has 1 N–H and O–H groups in total. The summed E-state index contributed by atoms with van der Waals surface area (Å²) >= 11 is 1.63. The Labute approximate surface area is 173 Å². The number of rotatable bonds is 7. The maximum Gasteiger partial charge on any atom is 0.387 e. The molecule has 1 heterocycles.